The molecule has 0 N–H and O–H groups in total. The maximum Gasteiger partial charge on any atom is 0.258 e. The van der Waals surface area contributed by atoms with Crippen molar-refractivity contribution < 1.29 is 9.53 Å². The molecule has 6 rings (SSSR count). The summed E-state index contributed by atoms with van der Waals surface area (Å²) in [7, 11) is 0. The van der Waals surface area contributed by atoms with Gasteiger partial charge in [-0.2, -0.15) is 0 Å². The number of β-lactam (4-membered cyclic amide) rings is 1. The van der Waals surface area contributed by atoms with Crippen molar-refractivity contribution in [3.63, 3.8) is 0 Å². The van der Waals surface area contributed by atoms with Gasteiger partial charge in [0.25, 0.3) is 5.91 Å². The molecule has 4 aliphatic rings. The van der Waals surface area contributed by atoms with E-state index < -0.39 is 0 Å². The maximum atomic E-state index is 13.2. The van der Waals surface area contributed by atoms with Crippen LogP contribution in [0.5, 0.6) is 0 Å². The van der Waals surface area contributed by atoms with Gasteiger partial charge < -0.3 is 9.64 Å². The fraction of sp³-hybridized carbons (Fsp3) is 0.519. The predicted octanol–water partition coefficient (Wildman–Crippen LogP) is 5.10. The number of hydrogen-bond donors (Lipinski definition) is 0. The first-order valence-electron chi connectivity index (χ1n) is 11.5. The highest BCUT2D eigenvalue weighted by atomic mass is 16.5. The Balaban J connectivity index is 1.40. The second-order valence-electron chi connectivity index (χ2n) is 10.8. The molecule has 2 aliphatic heterocycles. The molecular formula is C27H31NO2. The lowest BCUT2D eigenvalue weighted by Gasteiger charge is -2.62. The van der Waals surface area contributed by atoms with Crippen LogP contribution in [-0.4, -0.2) is 23.7 Å². The van der Waals surface area contributed by atoms with Crippen LogP contribution in [0.15, 0.2) is 60.7 Å². The van der Waals surface area contributed by atoms with E-state index in [0.717, 1.165) is 30.4 Å². The van der Waals surface area contributed by atoms with Crippen molar-refractivity contribution in [2.24, 2.45) is 29.1 Å². The first kappa shape index (κ1) is 18.6. The highest BCUT2D eigenvalue weighted by Gasteiger charge is 2.70. The summed E-state index contributed by atoms with van der Waals surface area (Å²) in [5.74, 6) is 2.59. The molecule has 156 valence electrons. The van der Waals surface area contributed by atoms with Crippen molar-refractivity contribution in [3.8, 4) is 0 Å². The second-order valence-corrected chi connectivity index (χ2v) is 10.8. The summed E-state index contributed by atoms with van der Waals surface area (Å²) < 4.78 is 6.71. The molecule has 2 heterocycles. The fourth-order valence-corrected chi connectivity index (χ4v) is 7.19. The van der Waals surface area contributed by atoms with Gasteiger partial charge >= 0.3 is 0 Å². The van der Waals surface area contributed by atoms with Gasteiger partial charge in [0.1, 0.15) is 0 Å². The molecule has 2 aromatic rings. The molecule has 2 saturated heterocycles. The van der Waals surface area contributed by atoms with Gasteiger partial charge in [-0.05, 0) is 73.0 Å². The fourth-order valence-electron chi connectivity index (χ4n) is 7.19. The molecule has 1 amide bonds. The lowest BCUT2D eigenvalue weighted by atomic mass is 9.61. The van der Waals surface area contributed by atoms with Gasteiger partial charge in [-0.1, -0.05) is 62.4 Å². The molecule has 3 heteroatoms. The van der Waals surface area contributed by atoms with Crippen LogP contribution >= 0.6 is 0 Å². The van der Waals surface area contributed by atoms with E-state index in [2.05, 4.69) is 63.2 Å². The van der Waals surface area contributed by atoms with Gasteiger partial charge in [-0.25, -0.2) is 0 Å². The number of carbonyl (C=O) groups excluding carboxylic acids is 1. The van der Waals surface area contributed by atoms with Gasteiger partial charge in [0.05, 0.1) is 11.6 Å². The summed E-state index contributed by atoms with van der Waals surface area (Å²) in [5.41, 5.74) is 2.61. The molecule has 4 fully saturated rings. The van der Waals surface area contributed by atoms with E-state index >= 15 is 0 Å². The average Bonchev–Trinajstić information content (AvgIpc) is 3.27. The quantitative estimate of drug-likeness (QED) is 0.670. The third-order valence-electron chi connectivity index (χ3n) is 8.99. The minimum absolute atomic E-state index is 0.136. The number of carbonyl (C=O) groups is 1. The Labute approximate surface area is 179 Å². The van der Waals surface area contributed by atoms with Crippen LogP contribution in [0.2, 0.25) is 0 Å². The van der Waals surface area contributed by atoms with Crippen molar-refractivity contribution in [2.75, 3.05) is 4.90 Å². The van der Waals surface area contributed by atoms with Gasteiger partial charge in [0.15, 0.2) is 6.10 Å². The number of ether oxygens (including phenoxy) is 1. The van der Waals surface area contributed by atoms with E-state index in [1.807, 2.05) is 23.1 Å². The van der Waals surface area contributed by atoms with Crippen LogP contribution in [0.25, 0.3) is 0 Å². The Hall–Kier alpha value is -2.13. The summed E-state index contributed by atoms with van der Waals surface area (Å²) in [6.45, 7) is 7.14. The van der Waals surface area contributed by atoms with E-state index in [1.165, 1.54) is 12.0 Å². The third kappa shape index (κ3) is 2.51. The highest BCUT2D eigenvalue weighted by molar-refractivity contribution is 6.05. The lowest BCUT2D eigenvalue weighted by molar-refractivity contribution is -0.218. The largest absolute Gasteiger partial charge is 0.360 e. The monoisotopic (exact) mass is 401 g/mol. The van der Waals surface area contributed by atoms with Crippen LogP contribution in [0.1, 0.15) is 39.2 Å². The summed E-state index contributed by atoms with van der Waals surface area (Å²) in [6, 6.07) is 21.1. The number of rotatable bonds is 3. The summed E-state index contributed by atoms with van der Waals surface area (Å²) >= 11 is 0. The Bertz CT molecular complexity index is 971. The number of para-hydroxylation sites is 1. The lowest BCUT2D eigenvalue weighted by Crippen LogP contribution is -2.76. The number of nitrogens with zero attached hydrogens (tertiary/aromatic N) is 1. The molecule has 2 aliphatic carbocycles. The van der Waals surface area contributed by atoms with Crippen LogP contribution in [0.4, 0.5) is 5.69 Å². The zero-order chi connectivity index (χ0) is 20.7. The molecule has 6 unspecified atom stereocenters. The van der Waals surface area contributed by atoms with Crippen molar-refractivity contribution >= 4 is 11.6 Å². The number of amides is 1. The van der Waals surface area contributed by atoms with Gasteiger partial charge in [0, 0.05) is 5.69 Å². The summed E-state index contributed by atoms with van der Waals surface area (Å²) in [5, 5.41) is 0. The van der Waals surface area contributed by atoms with Gasteiger partial charge in [-0.15, -0.1) is 0 Å². The number of anilines is 1. The summed E-state index contributed by atoms with van der Waals surface area (Å²) in [6.07, 6.45) is 3.05. The topological polar surface area (TPSA) is 29.5 Å². The molecular weight excluding hydrogens is 370 g/mol. The van der Waals surface area contributed by atoms with E-state index in [1.54, 1.807) is 0 Å². The number of benzene rings is 2. The molecule has 7 atom stereocenters. The summed E-state index contributed by atoms with van der Waals surface area (Å²) in [4.78, 5) is 15.3. The predicted molar refractivity (Wildman–Crippen MR) is 118 cm³/mol. The zero-order valence-corrected chi connectivity index (χ0v) is 18.1. The molecule has 0 radical (unpaired) electrons. The second kappa shape index (κ2) is 6.20. The van der Waals surface area contributed by atoms with Crippen LogP contribution in [-0.2, 0) is 16.0 Å². The Kier molecular flexibility index (Phi) is 3.85. The molecule has 2 saturated carbocycles. The van der Waals surface area contributed by atoms with E-state index in [0.29, 0.717) is 17.3 Å². The normalized spacial score (nSPS) is 40.6. The minimum atomic E-state index is -0.293. The van der Waals surface area contributed by atoms with Crippen molar-refractivity contribution in [2.45, 2.75) is 57.8 Å². The molecule has 2 aromatic carbocycles. The molecule has 0 bridgehead atoms. The maximum absolute atomic E-state index is 13.2. The highest BCUT2D eigenvalue weighted by Crippen LogP contribution is 2.70. The van der Waals surface area contributed by atoms with Gasteiger partial charge in [-0.3, -0.25) is 4.79 Å². The molecule has 30 heavy (non-hydrogen) atoms. The van der Waals surface area contributed by atoms with Crippen molar-refractivity contribution in [3.05, 3.63) is 66.2 Å². The van der Waals surface area contributed by atoms with Crippen molar-refractivity contribution in [1.29, 1.82) is 0 Å². The first-order chi connectivity index (χ1) is 14.4. The van der Waals surface area contributed by atoms with E-state index in [9.17, 15) is 4.79 Å². The van der Waals surface area contributed by atoms with Crippen LogP contribution < -0.4 is 4.90 Å². The first-order valence-corrected chi connectivity index (χ1v) is 11.5. The van der Waals surface area contributed by atoms with E-state index in [-0.39, 0.29) is 23.7 Å². The molecule has 0 aromatic heterocycles. The van der Waals surface area contributed by atoms with Gasteiger partial charge in [0.2, 0.25) is 0 Å². The molecule has 0 spiro atoms. The van der Waals surface area contributed by atoms with Crippen LogP contribution in [0.3, 0.4) is 0 Å². The number of hydrogen-bond acceptors (Lipinski definition) is 2. The zero-order valence-electron chi connectivity index (χ0n) is 18.1. The Morgan fingerprint density at radius 2 is 1.60 bits per heavy atom. The Morgan fingerprint density at radius 1 is 0.933 bits per heavy atom. The molecule has 3 nitrogen and oxygen atoms in total. The minimum Gasteiger partial charge on any atom is -0.360 e. The van der Waals surface area contributed by atoms with Crippen molar-refractivity contribution in [1.82, 2.24) is 0 Å². The average molecular weight is 402 g/mol. The van der Waals surface area contributed by atoms with E-state index in [4.69, 9.17) is 4.74 Å². The SMILES string of the molecule is CC1(C)C2CC3C(Cc4ccccc4)C4C(O[C@]3(C)CC21)C(=O)N4c1ccccc1. The smallest absolute Gasteiger partial charge is 0.258 e. The number of fused-ring (bicyclic) bond motifs is 3. The third-order valence-corrected chi connectivity index (χ3v) is 8.99. The van der Waals surface area contributed by atoms with Crippen LogP contribution in [0, 0.1) is 29.1 Å². The Morgan fingerprint density at radius 3 is 2.30 bits per heavy atom. The standard InChI is InChI=1S/C27H31NO2/c1-26(2)21-15-20-19(14-17-10-6-4-7-11-17)23-24(30-27(20,3)16-22(21)26)25(29)28(23)18-12-8-5-9-13-18/h4-13,19-24H,14-16H2,1-3H3/t19?,20?,21?,22?,23?,24?,27-/m1/s1.